The zero-order chi connectivity index (χ0) is 17.5. The van der Waals surface area contributed by atoms with E-state index in [1.165, 1.54) is 14.2 Å². The fourth-order valence-corrected chi connectivity index (χ4v) is 1.83. The van der Waals surface area contributed by atoms with Crippen LogP contribution in [0.3, 0.4) is 0 Å². The van der Waals surface area contributed by atoms with Crippen LogP contribution in [0.25, 0.3) is 10.6 Å². The second-order valence-electron chi connectivity index (χ2n) is 4.35. The molecule has 6 nitrogen and oxygen atoms in total. The SMILES string of the molecule is COC(=O)C1=CC[N-]C=C1.COC(=O)C1CC[N-]CC1.[Cl][Pt+2][Cl]. The number of carbonyl (C=O) groups excluding carboxylic acids is 2. The number of methoxy groups -OCH3 is 2. The molecular formula is C14H20Cl2N2O4Pt. The van der Waals surface area contributed by atoms with Gasteiger partial charge in [0.1, 0.15) is 0 Å². The molecule has 9 heteroatoms. The fourth-order valence-electron chi connectivity index (χ4n) is 1.83. The van der Waals surface area contributed by atoms with Gasteiger partial charge in [-0.3, -0.25) is 4.79 Å². The van der Waals surface area contributed by atoms with Crippen LogP contribution in [0.2, 0.25) is 0 Å². The average molecular weight is 546 g/mol. The van der Waals surface area contributed by atoms with E-state index in [1.807, 2.05) is 0 Å². The van der Waals surface area contributed by atoms with Crippen molar-refractivity contribution in [2.75, 3.05) is 33.9 Å². The monoisotopic (exact) mass is 545 g/mol. The number of rotatable bonds is 2. The van der Waals surface area contributed by atoms with Crippen molar-refractivity contribution in [3.8, 4) is 0 Å². The molecule has 0 radical (unpaired) electrons. The van der Waals surface area contributed by atoms with E-state index in [9.17, 15) is 9.59 Å². The molecule has 2 aliphatic heterocycles. The molecule has 0 aromatic carbocycles. The number of nitrogens with zero attached hydrogens (tertiary/aromatic N) is 2. The summed E-state index contributed by atoms with van der Waals surface area (Å²) in [6.07, 6.45) is 6.70. The number of esters is 2. The van der Waals surface area contributed by atoms with Crippen molar-refractivity contribution in [2.24, 2.45) is 5.92 Å². The van der Waals surface area contributed by atoms with Gasteiger partial charge in [-0.25, -0.2) is 4.79 Å². The minimum atomic E-state index is -0.472. The van der Waals surface area contributed by atoms with Crippen LogP contribution in [0.15, 0.2) is 23.9 Å². The Morgan fingerprint density at radius 2 is 1.83 bits per heavy atom. The Balaban J connectivity index is 0.000000360. The van der Waals surface area contributed by atoms with Gasteiger partial charge in [-0.1, -0.05) is 25.0 Å². The Kier molecular flexibility index (Phi) is 14.6. The van der Waals surface area contributed by atoms with Crippen molar-refractivity contribution in [3.05, 3.63) is 34.6 Å². The average Bonchev–Trinajstić information content (AvgIpc) is 2.63. The first-order valence-electron chi connectivity index (χ1n) is 6.75. The molecule has 0 aliphatic carbocycles. The Morgan fingerprint density at radius 1 is 1.22 bits per heavy atom. The van der Waals surface area contributed by atoms with Gasteiger partial charge in [-0.2, -0.15) is 6.20 Å². The van der Waals surface area contributed by atoms with Crippen LogP contribution in [0, 0.1) is 5.92 Å². The van der Waals surface area contributed by atoms with E-state index in [4.69, 9.17) is 18.8 Å². The molecule has 2 heterocycles. The summed E-state index contributed by atoms with van der Waals surface area (Å²) in [5.41, 5.74) is 0.581. The number of ether oxygens (including phenoxy) is 2. The summed E-state index contributed by atoms with van der Waals surface area (Å²) in [6.45, 7) is 2.21. The van der Waals surface area contributed by atoms with E-state index in [-0.39, 0.29) is 17.9 Å². The standard InChI is InChI=1S/C7H12NO2.C7H8NO2.2ClH.Pt/c2*1-10-7(9)6-2-4-8-5-3-6;;;/h6H,2-5H2,1H3;2-4H,5H2,1H3;2*1H;/q2*-1;;;+4/p-2. The summed E-state index contributed by atoms with van der Waals surface area (Å²) in [5.74, 6) is -0.261. The second-order valence-corrected chi connectivity index (χ2v) is 7.63. The molecule has 2 rings (SSSR count). The van der Waals surface area contributed by atoms with E-state index in [0.29, 0.717) is 12.1 Å². The molecule has 0 spiro atoms. The molecule has 0 atom stereocenters. The Hall–Kier alpha value is -0.552. The number of hydrogen-bond acceptors (Lipinski definition) is 4. The molecule has 1 fully saturated rings. The summed E-state index contributed by atoms with van der Waals surface area (Å²) in [6, 6.07) is 0. The van der Waals surface area contributed by atoms with Crippen LogP contribution < -0.4 is 0 Å². The molecule has 0 aromatic heterocycles. The first-order valence-corrected chi connectivity index (χ1v) is 12.4. The first kappa shape index (κ1) is 22.4. The Bertz CT molecular complexity index is 414. The summed E-state index contributed by atoms with van der Waals surface area (Å²) in [4.78, 5) is 21.7. The number of halogens is 2. The predicted octanol–water partition coefficient (Wildman–Crippen LogP) is 3.31. The summed E-state index contributed by atoms with van der Waals surface area (Å²) in [5, 5.41) is 8.02. The second kappa shape index (κ2) is 15.0. The van der Waals surface area contributed by atoms with Crippen molar-refractivity contribution < 1.29 is 35.5 Å². The summed E-state index contributed by atoms with van der Waals surface area (Å²) in [7, 11) is 12.6. The van der Waals surface area contributed by atoms with Crippen LogP contribution in [-0.2, 0) is 35.5 Å². The van der Waals surface area contributed by atoms with Gasteiger partial charge in [-0.15, -0.1) is 19.6 Å². The zero-order valence-electron chi connectivity index (χ0n) is 12.9. The van der Waals surface area contributed by atoms with Crippen molar-refractivity contribution in [1.82, 2.24) is 0 Å². The van der Waals surface area contributed by atoms with Crippen LogP contribution in [0.5, 0.6) is 0 Å². The maximum absolute atomic E-state index is 10.9. The third-order valence-corrected chi connectivity index (χ3v) is 3.00. The molecule has 1 saturated heterocycles. The van der Waals surface area contributed by atoms with Gasteiger partial charge in [0.15, 0.2) is 0 Å². The van der Waals surface area contributed by atoms with Gasteiger partial charge in [0.2, 0.25) is 0 Å². The molecule has 0 N–H and O–H groups in total. The molecule has 0 unspecified atom stereocenters. The van der Waals surface area contributed by atoms with Crippen molar-refractivity contribution >= 4 is 30.8 Å². The van der Waals surface area contributed by atoms with Crippen LogP contribution in [-0.4, -0.2) is 45.8 Å². The molecule has 0 amide bonds. The Labute approximate surface area is 153 Å². The van der Waals surface area contributed by atoms with E-state index in [1.54, 1.807) is 18.4 Å². The Morgan fingerprint density at radius 3 is 2.26 bits per heavy atom. The minimum absolute atomic E-state index is 0.0742. The van der Waals surface area contributed by atoms with E-state index in [2.05, 4.69) is 20.1 Å². The fraction of sp³-hybridized carbons (Fsp3) is 0.571. The molecule has 0 aromatic rings. The van der Waals surface area contributed by atoms with Crippen LogP contribution >= 0.6 is 18.8 Å². The van der Waals surface area contributed by atoms with Crippen molar-refractivity contribution in [1.29, 1.82) is 0 Å². The molecular weight excluding hydrogens is 526 g/mol. The van der Waals surface area contributed by atoms with Gasteiger partial charge >= 0.3 is 47.3 Å². The predicted molar refractivity (Wildman–Crippen MR) is 87.0 cm³/mol. The van der Waals surface area contributed by atoms with Gasteiger partial charge in [0, 0.05) is 0 Å². The number of carbonyl (C=O) groups is 2. The molecule has 0 bridgehead atoms. The maximum atomic E-state index is 10.9. The summed E-state index contributed by atoms with van der Waals surface area (Å²) < 4.78 is 9.10. The van der Waals surface area contributed by atoms with Crippen LogP contribution in [0.4, 0.5) is 0 Å². The molecule has 0 saturated carbocycles. The van der Waals surface area contributed by atoms with E-state index < -0.39 is 16.5 Å². The molecule has 2 aliphatic rings. The van der Waals surface area contributed by atoms with Gasteiger partial charge in [0.05, 0.1) is 25.7 Å². The molecule has 134 valence electrons. The topological polar surface area (TPSA) is 80.8 Å². The summed E-state index contributed by atoms with van der Waals surface area (Å²) >= 11 is -0.472. The molecule has 23 heavy (non-hydrogen) atoms. The number of hydrogen-bond donors (Lipinski definition) is 0. The van der Waals surface area contributed by atoms with Gasteiger partial charge in [0.25, 0.3) is 0 Å². The first-order chi connectivity index (χ1) is 11.1. The third kappa shape index (κ3) is 10.8. The van der Waals surface area contributed by atoms with Crippen molar-refractivity contribution in [2.45, 2.75) is 12.8 Å². The van der Waals surface area contributed by atoms with Crippen molar-refractivity contribution in [3.63, 3.8) is 0 Å². The van der Waals surface area contributed by atoms with Gasteiger partial charge in [-0.05, 0) is 0 Å². The van der Waals surface area contributed by atoms with Crippen LogP contribution in [0.1, 0.15) is 12.8 Å². The van der Waals surface area contributed by atoms with E-state index >= 15 is 0 Å². The third-order valence-electron chi connectivity index (χ3n) is 3.00. The zero-order valence-corrected chi connectivity index (χ0v) is 16.7. The van der Waals surface area contributed by atoms with E-state index in [0.717, 1.165) is 25.9 Å². The van der Waals surface area contributed by atoms with Gasteiger partial charge < -0.3 is 20.1 Å². The normalized spacial score (nSPS) is 16.6. The quantitative estimate of drug-likeness (QED) is 0.498. The number of piperidine rings is 1.